The van der Waals surface area contributed by atoms with Gasteiger partial charge in [0.15, 0.2) is 0 Å². The van der Waals surface area contributed by atoms with Crippen LogP contribution in [0.25, 0.3) is 20.8 Å². The van der Waals surface area contributed by atoms with Gasteiger partial charge < -0.3 is 5.32 Å². The van der Waals surface area contributed by atoms with E-state index < -0.39 is 0 Å². The van der Waals surface area contributed by atoms with E-state index in [0.717, 1.165) is 56.3 Å². The Bertz CT molecular complexity index is 1550. The average Bonchev–Trinajstić information content (AvgIpc) is 3.46. The van der Waals surface area contributed by atoms with Crippen LogP contribution in [-0.4, -0.2) is 22.3 Å². The summed E-state index contributed by atoms with van der Waals surface area (Å²) < 4.78 is 1.95. The van der Waals surface area contributed by atoms with Crippen molar-refractivity contribution in [3.8, 4) is 10.6 Å². The monoisotopic (exact) mass is 629 g/mol. The summed E-state index contributed by atoms with van der Waals surface area (Å²) in [6.45, 7) is 2.71. The van der Waals surface area contributed by atoms with Gasteiger partial charge in [-0.3, -0.25) is 9.69 Å². The number of hydrogen-bond acceptors (Lipinski definition) is 5. The number of fused-ring (bicyclic) bond motifs is 2. The van der Waals surface area contributed by atoms with Crippen molar-refractivity contribution in [3.63, 3.8) is 0 Å². The fraction of sp³-hybridized carbons (Fsp3) is 0.143. The molecule has 0 atom stereocenters. The summed E-state index contributed by atoms with van der Waals surface area (Å²) in [6.07, 6.45) is 0.914. The lowest BCUT2D eigenvalue weighted by Gasteiger charge is -2.27. The average molecular weight is 631 g/mol. The Balaban J connectivity index is 0.00000280. The Hall–Kier alpha value is -2.26. The molecule has 0 unspecified atom stereocenters. The van der Waals surface area contributed by atoms with Gasteiger partial charge in [0.25, 0.3) is 5.91 Å². The maximum atomic E-state index is 13.3. The van der Waals surface area contributed by atoms with Crippen LogP contribution in [0.5, 0.6) is 0 Å². The number of halogens is 3. The van der Waals surface area contributed by atoms with Gasteiger partial charge in [0.1, 0.15) is 10.0 Å². The van der Waals surface area contributed by atoms with E-state index in [4.69, 9.17) is 16.6 Å². The summed E-state index contributed by atoms with van der Waals surface area (Å²) in [5.41, 5.74) is 5.07. The normalized spacial score (nSPS) is 13.2. The number of benzene rings is 3. The number of aromatic nitrogens is 1. The van der Waals surface area contributed by atoms with Crippen LogP contribution < -0.4 is 5.32 Å². The highest BCUT2D eigenvalue weighted by Gasteiger charge is 2.28. The fourth-order valence-electron chi connectivity index (χ4n) is 4.57. The molecule has 1 aliphatic rings. The van der Waals surface area contributed by atoms with E-state index in [2.05, 4.69) is 56.5 Å². The molecular weight excluding hydrogens is 609 g/mol. The summed E-state index contributed by atoms with van der Waals surface area (Å²) in [4.78, 5) is 22.0. The topological polar surface area (TPSA) is 45.2 Å². The highest BCUT2D eigenvalue weighted by Crippen LogP contribution is 2.46. The molecule has 37 heavy (non-hydrogen) atoms. The number of rotatable bonds is 5. The third kappa shape index (κ3) is 5.48. The number of nitrogens with one attached hydrogen (secondary N) is 1. The van der Waals surface area contributed by atoms with Crippen LogP contribution in [0.3, 0.4) is 0 Å². The summed E-state index contributed by atoms with van der Waals surface area (Å²) in [5, 5.41) is 5.39. The number of hydrogen-bond donors (Lipinski definition) is 1. The molecule has 0 saturated heterocycles. The summed E-state index contributed by atoms with van der Waals surface area (Å²) in [6, 6.07) is 24.1. The third-order valence-electron chi connectivity index (χ3n) is 6.29. The Morgan fingerprint density at radius 2 is 1.84 bits per heavy atom. The highest BCUT2D eigenvalue weighted by molar-refractivity contribution is 9.10. The number of carbonyl (C=O) groups is 1. The highest BCUT2D eigenvalue weighted by atomic mass is 79.9. The number of thiazole rings is 1. The molecule has 0 radical (unpaired) electrons. The molecule has 1 aliphatic heterocycles. The van der Waals surface area contributed by atoms with Gasteiger partial charge in [0, 0.05) is 34.5 Å². The molecule has 9 heteroatoms. The first-order valence-corrected chi connectivity index (χ1v) is 14.4. The molecule has 1 amide bonds. The van der Waals surface area contributed by atoms with Crippen LogP contribution in [0.15, 0.2) is 77.3 Å². The molecule has 6 rings (SSSR count). The Morgan fingerprint density at radius 1 is 1.05 bits per heavy atom. The number of carbonyl (C=O) groups excluding carboxylic acids is 1. The third-order valence-corrected chi connectivity index (χ3v) is 9.30. The van der Waals surface area contributed by atoms with E-state index in [1.807, 2.05) is 30.3 Å². The van der Waals surface area contributed by atoms with Crippen molar-refractivity contribution in [2.24, 2.45) is 0 Å². The standard InChI is InChI=1S/C28H21BrClN3OS2.ClH/c29-18-10-11-21(30)20(14-18)26(34)32-28-25(27-31-22-8-4-5-9-23(22)35-27)19-12-13-33(16-24(19)36-28)15-17-6-2-1-3-7-17;/h1-11,14H,12-13,15-16H2,(H,32,34);1H. The van der Waals surface area contributed by atoms with Crippen molar-refractivity contribution < 1.29 is 4.79 Å². The quantitative estimate of drug-likeness (QED) is 0.211. The molecule has 3 aromatic carbocycles. The first-order valence-electron chi connectivity index (χ1n) is 11.6. The lowest BCUT2D eigenvalue weighted by molar-refractivity contribution is 0.102. The SMILES string of the molecule is Cl.O=C(Nc1sc2c(c1-c1nc3ccccc3s1)CCN(Cc1ccccc1)C2)c1cc(Br)ccc1Cl. The van der Waals surface area contributed by atoms with Gasteiger partial charge in [0.2, 0.25) is 0 Å². The first-order chi connectivity index (χ1) is 17.5. The molecule has 4 nitrogen and oxygen atoms in total. The van der Waals surface area contributed by atoms with Crippen LogP contribution in [0.1, 0.15) is 26.4 Å². The summed E-state index contributed by atoms with van der Waals surface area (Å²) in [7, 11) is 0. The Morgan fingerprint density at radius 3 is 2.65 bits per heavy atom. The lowest BCUT2D eigenvalue weighted by atomic mass is 10.0. The van der Waals surface area contributed by atoms with Crippen LogP contribution >= 0.6 is 62.6 Å². The lowest BCUT2D eigenvalue weighted by Crippen LogP contribution is -2.29. The van der Waals surface area contributed by atoms with Gasteiger partial charge in [-0.2, -0.15) is 0 Å². The maximum Gasteiger partial charge on any atom is 0.257 e. The number of para-hydroxylation sites is 1. The predicted molar refractivity (Wildman–Crippen MR) is 162 cm³/mol. The summed E-state index contributed by atoms with van der Waals surface area (Å²) in [5.74, 6) is -0.219. The number of nitrogens with zero attached hydrogens (tertiary/aromatic N) is 2. The minimum atomic E-state index is -0.219. The van der Waals surface area contributed by atoms with Crippen LogP contribution in [-0.2, 0) is 19.5 Å². The van der Waals surface area contributed by atoms with Crippen molar-refractivity contribution in [1.29, 1.82) is 0 Å². The number of anilines is 1. The van der Waals surface area contributed by atoms with Gasteiger partial charge in [0.05, 0.1) is 20.8 Å². The van der Waals surface area contributed by atoms with Crippen LogP contribution in [0, 0.1) is 0 Å². The molecule has 0 saturated carbocycles. The molecule has 0 fully saturated rings. The van der Waals surface area contributed by atoms with Crippen LogP contribution in [0.4, 0.5) is 5.00 Å². The predicted octanol–water partition coefficient (Wildman–Crippen LogP) is 8.67. The van der Waals surface area contributed by atoms with Gasteiger partial charge in [-0.15, -0.1) is 35.1 Å². The maximum absolute atomic E-state index is 13.3. The zero-order valence-corrected chi connectivity index (χ0v) is 24.3. The van der Waals surface area contributed by atoms with E-state index in [1.165, 1.54) is 16.0 Å². The van der Waals surface area contributed by atoms with Gasteiger partial charge in [-0.1, -0.05) is 70.0 Å². The van der Waals surface area contributed by atoms with E-state index >= 15 is 0 Å². The largest absolute Gasteiger partial charge is 0.313 e. The zero-order chi connectivity index (χ0) is 24.6. The Labute approximate surface area is 242 Å². The van der Waals surface area contributed by atoms with Gasteiger partial charge in [-0.05, 0) is 47.9 Å². The second-order valence-corrected chi connectivity index (χ2v) is 12.2. The molecule has 3 heterocycles. The zero-order valence-electron chi connectivity index (χ0n) is 19.5. The van der Waals surface area contributed by atoms with Crippen molar-refractivity contribution >= 4 is 83.7 Å². The van der Waals surface area contributed by atoms with Gasteiger partial charge >= 0.3 is 0 Å². The molecule has 188 valence electrons. The van der Waals surface area contributed by atoms with Crippen molar-refractivity contribution in [2.75, 3.05) is 11.9 Å². The van der Waals surface area contributed by atoms with E-state index in [9.17, 15) is 4.79 Å². The molecule has 1 N–H and O–H groups in total. The van der Waals surface area contributed by atoms with Crippen molar-refractivity contribution in [1.82, 2.24) is 9.88 Å². The molecule has 2 aromatic heterocycles. The van der Waals surface area contributed by atoms with Crippen molar-refractivity contribution in [3.05, 3.63) is 104 Å². The smallest absolute Gasteiger partial charge is 0.257 e. The molecule has 5 aromatic rings. The molecule has 0 aliphatic carbocycles. The van der Waals surface area contributed by atoms with Crippen molar-refractivity contribution in [2.45, 2.75) is 19.5 Å². The van der Waals surface area contributed by atoms with Crippen LogP contribution in [0.2, 0.25) is 5.02 Å². The van der Waals surface area contributed by atoms with E-state index in [0.29, 0.717) is 10.6 Å². The minimum Gasteiger partial charge on any atom is -0.313 e. The number of thiophene rings is 1. The molecular formula is C28H22BrCl2N3OS2. The molecule has 0 bridgehead atoms. The van der Waals surface area contributed by atoms with E-state index in [-0.39, 0.29) is 18.3 Å². The first kappa shape index (κ1) is 26.4. The second kappa shape index (κ2) is 11.2. The minimum absolute atomic E-state index is 0. The summed E-state index contributed by atoms with van der Waals surface area (Å²) >= 11 is 13.1. The fourth-order valence-corrected chi connectivity index (χ4v) is 7.53. The Kier molecular flexibility index (Phi) is 8.00. The van der Waals surface area contributed by atoms with Gasteiger partial charge in [-0.25, -0.2) is 4.98 Å². The van der Waals surface area contributed by atoms with E-state index in [1.54, 1.807) is 34.8 Å². The number of amides is 1. The molecule has 0 spiro atoms. The second-order valence-electron chi connectivity index (χ2n) is 8.72.